The zero-order valence-corrected chi connectivity index (χ0v) is 12.5. The van der Waals surface area contributed by atoms with Crippen LogP contribution in [0.15, 0.2) is 12.3 Å². The highest BCUT2D eigenvalue weighted by Gasteiger charge is 2.11. The van der Waals surface area contributed by atoms with Crippen LogP contribution in [0, 0.1) is 0 Å². The summed E-state index contributed by atoms with van der Waals surface area (Å²) in [5.74, 6) is 0.499. The third-order valence-electron chi connectivity index (χ3n) is 2.74. The number of nitrogens with one attached hydrogen (secondary N) is 2. The van der Waals surface area contributed by atoms with E-state index in [1.165, 1.54) is 0 Å². The van der Waals surface area contributed by atoms with Gasteiger partial charge in [0.05, 0.1) is 10.6 Å². The van der Waals surface area contributed by atoms with Gasteiger partial charge in [-0.3, -0.25) is 4.79 Å². The molecule has 1 amide bonds. The van der Waals surface area contributed by atoms with Crippen molar-refractivity contribution in [3.05, 3.63) is 22.8 Å². The highest BCUT2D eigenvalue weighted by molar-refractivity contribution is 6.33. The zero-order chi connectivity index (χ0) is 14.3. The standard InChI is InChI=1S/C14H22ClN3O/c1-4-6-10(3)18-14(19)11-8-12(15)13(17-9-11)16-7-5-2/h8-10H,4-7H2,1-3H3,(H,16,17)(H,18,19). The first-order valence-electron chi connectivity index (χ1n) is 6.78. The summed E-state index contributed by atoms with van der Waals surface area (Å²) in [6, 6.07) is 1.81. The molecule has 4 nitrogen and oxygen atoms in total. The van der Waals surface area contributed by atoms with Gasteiger partial charge in [-0.05, 0) is 25.8 Å². The number of halogens is 1. The van der Waals surface area contributed by atoms with Crippen molar-refractivity contribution < 1.29 is 4.79 Å². The molecular weight excluding hydrogens is 262 g/mol. The van der Waals surface area contributed by atoms with Crippen molar-refractivity contribution in [1.82, 2.24) is 10.3 Å². The fourth-order valence-corrected chi connectivity index (χ4v) is 1.98. The van der Waals surface area contributed by atoms with Gasteiger partial charge in [0, 0.05) is 18.8 Å². The van der Waals surface area contributed by atoms with E-state index in [1.807, 2.05) is 6.92 Å². The number of carbonyl (C=O) groups is 1. The number of rotatable bonds is 7. The molecule has 1 rings (SSSR count). The Morgan fingerprint density at radius 3 is 2.74 bits per heavy atom. The van der Waals surface area contributed by atoms with Crippen molar-refractivity contribution in [3.63, 3.8) is 0 Å². The van der Waals surface area contributed by atoms with Crippen molar-refractivity contribution >= 4 is 23.3 Å². The van der Waals surface area contributed by atoms with Gasteiger partial charge in [0.1, 0.15) is 5.82 Å². The summed E-state index contributed by atoms with van der Waals surface area (Å²) in [4.78, 5) is 16.2. The molecule has 1 unspecified atom stereocenters. The van der Waals surface area contributed by atoms with Gasteiger partial charge in [-0.25, -0.2) is 4.98 Å². The molecule has 1 aromatic rings. The Balaban J connectivity index is 2.68. The van der Waals surface area contributed by atoms with Crippen LogP contribution in [0.25, 0.3) is 0 Å². The maximum atomic E-state index is 12.0. The van der Waals surface area contributed by atoms with Gasteiger partial charge in [-0.15, -0.1) is 0 Å². The van der Waals surface area contributed by atoms with E-state index in [0.717, 1.165) is 25.8 Å². The molecule has 1 heterocycles. The Morgan fingerprint density at radius 1 is 1.42 bits per heavy atom. The first-order chi connectivity index (χ1) is 9.08. The monoisotopic (exact) mass is 283 g/mol. The smallest absolute Gasteiger partial charge is 0.253 e. The minimum Gasteiger partial charge on any atom is -0.369 e. The summed E-state index contributed by atoms with van der Waals surface area (Å²) in [5.41, 5.74) is 0.495. The highest BCUT2D eigenvalue weighted by atomic mass is 35.5. The summed E-state index contributed by atoms with van der Waals surface area (Å²) in [7, 11) is 0. The van der Waals surface area contributed by atoms with Crippen LogP contribution in [-0.2, 0) is 0 Å². The van der Waals surface area contributed by atoms with Gasteiger partial charge in [-0.2, -0.15) is 0 Å². The lowest BCUT2D eigenvalue weighted by Crippen LogP contribution is -2.32. The van der Waals surface area contributed by atoms with Gasteiger partial charge in [0.15, 0.2) is 0 Å². The lowest BCUT2D eigenvalue weighted by Gasteiger charge is -2.13. The molecule has 0 bridgehead atoms. The lowest BCUT2D eigenvalue weighted by molar-refractivity contribution is 0.0938. The molecule has 1 atom stereocenters. The minimum atomic E-state index is -0.127. The van der Waals surface area contributed by atoms with Crippen LogP contribution in [-0.4, -0.2) is 23.5 Å². The van der Waals surface area contributed by atoms with Crippen molar-refractivity contribution in [2.45, 2.75) is 46.1 Å². The van der Waals surface area contributed by atoms with E-state index in [2.05, 4.69) is 29.5 Å². The van der Waals surface area contributed by atoms with Gasteiger partial charge < -0.3 is 10.6 Å². The molecule has 0 aliphatic carbocycles. The average Bonchev–Trinajstić information content (AvgIpc) is 2.37. The largest absolute Gasteiger partial charge is 0.369 e. The minimum absolute atomic E-state index is 0.127. The molecule has 0 aliphatic rings. The number of carbonyl (C=O) groups excluding carboxylic acids is 1. The van der Waals surface area contributed by atoms with Gasteiger partial charge in [-0.1, -0.05) is 31.9 Å². The Morgan fingerprint density at radius 2 is 2.16 bits per heavy atom. The lowest BCUT2D eigenvalue weighted by atomic mass is 10.2. The molecule has 0 saturated carbocycles. The molecule has 106 valence electrons. The highest BCUT2D eigenvalue weighted by Crippen LogP contribution is 2.20. The summed E-state index contributed by atoms with van der Waals surface area (Å²) in [6.45, 7) is 6.96. The molecule has 0 aliphatic heterocycles. The van der Waals surface area contributed by atoms with Gasteiger partial charge >= 0.3 is 0 Å². The topological polar surface area (TPSA) is 54.0 Å². The van der Waals surface area contributed by atoms with E-state index in [-0.39, 0.29) is 11.9 Å². The van der Waals surface area contributed by atoms with E-state index in [1.54, 1.807) is 12.3 Å². The van der Waals surface area contributed by atoms with Crippen LogP contribution in [0.4, 0.5) is 5.82 Å². The van der Waals surface area contributed by atoms with E-state index < -0.39 is 0 Å². The molecule has 19 heavy (non-hydrogen) atoms. The Kier molecular flexibility index (Phi) is 6.64. The van der Waals surface area contributed by atoms with E-state index in [4.69, 9.17) is 11.6 Å². The van der Waals surface area contributed by atoms with Crippen LogP contribution >= 0.6 is 11.6 Å². The third-order valence-corrected chi connectivity index (χ3v) is 3.03. The number of anilines is 1. The second-order valence-electron chi connectivity index (χ2n) is 4.64. The normalized spacial score (nSPS) is 12.0. The first kappa shape index (κ1) is 15.8. The van der Waals surface area contributed by atoms with Crippen LogP contribution in [0.5, 0.6) is 0 Å². The van der Waals surface area contributed by atoms with E-state index in [0.29, 0.717) is 16.4 Å². The van der Waals surface area contributed by atoms with Crippen molar-refractivity contribution in [1.29, 1.82) is 0 Å². The Bertz CT molecular complexity index is 423. The van der Waals surface area contributed by atoms with E-state index in [9.17, 15) is 4.79 Å². The van der Waals surface area contributed by atoms with Gasteiger partial charge in [0.25, 0.3) is 5.91 Å². The molecule has 1 aromatic heterocycles. The second-order valence-corrected chi connectivity index (χ2v) is 5.05. The molecular formula is C14H22ClN3O. The summed E-state index contributed by atoms with van der Waals surface area (Å²) < 4.78 is 0. The number of hydrogen-bond donors (Lipinski definition) is 2. The maximum Gasteiger partial charge on any atom is 0.253 e. The predicted octanol–water partition coefficient (Wildman–Crippen LogP) is 3.48. The maximum absolute atomic E-state index is 12.0. The zero-order valence-electron chi connectivity index (χ0n) is 11.8. The van der Waals surface area contributed by atoms with Gasteiger partial charge in [0.2, 0.25) is 0 Å². The average molecular weight is 284 g/mol. The Hall–Kier alpha value is -1.29. The first-order valence-corrected chi connectivity index (χ1v) is 7.16. The van der Waals surface area contributed by atoms with Crippen LogP contribution < -0.4 is 10.6 Å². The molecule has 0 spiro atoms. The van der Waals surface area contributed by atoms with E-state index >= 15 is 0 Å². The number of pyridine rings is 1. The van der Waals surface area contributed by atoms with Crippen LogP contribution in [0.2, 0.25) is 5.02 Å². The number of amides is 1. The summed E-state index contributed by atoms with van der Waals surface area (Å²) >= 11 is 6.10. The van der Waals surface area contributed by atoms with Crippen molar-refractivity contribution in [2.24, 2.45) is 0 Å². The quantitative estimate of drug-likeness (QED) is 0.805. The second kappa shape index (κ2) is 8.00. The predicted molar refractivity (Wildman–Crippen MR) is 79.9 cm³/mol. The molecule has 0 radical (unpaired) electrons. The Labute approximate surface area is 120 Å². The third kappa shape index (κ3) is 5.07. The van der Waals surface area contributed by atoms with Crippen molar-refractivity contribution in [2.75, 3.05) is 11.9 Å². The molecule has 2 N–H and O–H groups in total. The number of aromatic nitrogens is 1. The molecule has 0 fully saturated rings. The van der Waals surface area contributed by atoms with Crippen LogP contribution in [0.3, 0.4) is 0 Å². The summed E-state index contributed by atoms with van der Waals surface area (Å²) in [5, 5.41) is 6.52. The number of hydrogen-bond acceptors (Lipinski definition) is 3. The summed E-state index contributed by atoms with van der Waals surface area (Å²) in [6.07, 6.45) is 4.55. The SMILES string of the molecule is CCCNc1ncc(C(=O)NC(C)CCC)cc1Cl. The number of nitrogens with zero attached hydrogens (tertiary/aromatic N) is 1. The molecule has 0 saturated heterocycles. The van der Waals surface area contributed by atoms with Crippen molar-refractivity contribution in [3.8, 4) is 0 Å². The molecule has 0 aromatic carbocycles. The fraction of sp³-hybridized carbons (Fsp3) is 0.571. The van der Waals surface area contributed by atoms with Crippen LogP contribution in [0.1, 0.15) is 50.4 Å². The fourth-order valence-electron chi connectivity index (χ4n) is 1.75. The molecule has 5 heteroatoms.